The molecule has 0 spiro atoms. The lowest BCUT2D eigenvalue weighted by Crippen LogP contribution is -2.71. The number of hydrogen-bond donors (Lipinski definition) is 4. The number of primary amides is 1. The number of nitrogens with one attached hydrogen (secondary N) is 1. The van der Waals surface area contributed by atoms with Gasteiger partial charge < -0.3 is 26.7 Å². The number of thioether (sulfide) groups is 1. The molecule has 1 fully saturated rings. The zero-order valence-corrected chi connectivity index (χ0v) is 21.6. The quantitative estimate of drug-likeness (QED) is 0.0675. The molecule has 0 bridgehead atoms. The lowest BCUT2D eigenvalue weighted by molar-refractivity contribution is -0.687. The van der Waals surface area contributed by atoms with Crippen molar-refractivity contribution in [2.24, 2.45) is 10.9 Å². The first-order valence-electron chi connectivity index (χ1n) is 11.1. The number of carboxylic acids is 1. The minimum Gasteiger partial charge on any atom is -0.477 e. The van der Waals surface area contributed by atoms with E-state index in [2.05, 4.69) is 25.8 Å². The largest absolute Gasteiger partial charge is 0.477 e. The van der Waals surface area contributed by atoms with Crippen molar-refractivity contribution in [2.75, 3.05) is 18.1 Å². The Balaban J connectivity index is 1.47. The molecule has 2 aromatic rings. The maximum atomic E-state index is 13.0. The van der Waals surface area contributed by atoms with Gasteiger partial charge in [-0.1, -0.05) is 17.2 Å². The lowest BCUT2D eigenvalue weighted by atomic mass is 10.0. The number of carbonyl (C=O) groups excluding carboxylic acids is 3. The molecule has 14 nitrogen and oxygen atoms in total. The van der Waals surface area contributed by atoms with E-state index in [0.29, 0.717) is 17.7 Å². The van der Waals surface area contributed by atoms with Crippen LogP contribution in [0.2, 0.25) is 0 Å². The highest BCUT2D eigenvalue weighted by Gasteiger charge is 2.54. The number of amides is 3. The van der Waals surface area contributed by atoms with Gasteiger partial charge in [-0.05, 0) is 11.6 Å². The minimum atomic E-state index is -1.27. The van der Waals surface area contributed by atoms with Crippen molar-refractivity contribution in [1.29, 1.82) is 0 Å². The summed E-state index contributed by atoms with van der Waals surface area (Å²) in [6, 6.07) is 2.13. The smallest absolute Gasteiger partial charge is 0.352 e. The maximum Gasteiger partial charge on any atom is 0.352 e. The molecule has 3 amide bonds. The topological polar surface area (TPSA) is 207 Å². The zero-order valence-electron chi connectivity index (χ0n) is 20.0. The first kappa shape index (κ1) is 27.3. The van der Waals surface area contributed by atoms with Gasteiger partial charge in [0.05, 0.1) is 5.56 Å². The summed E-state index contributed by atoms with van der Waals surface area (Å²) in [6.07, 6.45) is 11.8. The van der Waals surface area contributed by atoms with Gasteiger partial charge in [0, 0.05) is 29.4 Å². The molecule has 16 heteroatoms. The van der Waals surface area contributed by atoms with Crippen molar-refractivity contribution in [3.63, 3.8) is 0 Å². The van der Waals surface area contributed by atoms with Crippen LogP contribution < -0.4 is 21.4 Å². The van der Waals surface area contributed by atoms with E-state index in [-0.39, 0.29) is 34.7 Å². The Kier molecular flexibility index (Phi) is 8.22. The van der Waals surface area contributed by atoms with Crippen molar-refractivity contribution in [3.05, 3.63) is 59.3 Å². The van der Waals surface area contributed by atoms with Gasteiger partial charge in [0.1, 0.15) is 17.1 Å². The van der Waals surface area contributed by atoms with Gasteiger partial charge in [-0.15, -0.1) is 18.2 Å². The second-order valence-electron chi connectivity index (χ2n) is 7.96. The average molecular weight is 570 g/mol. The fourth-order valence-electron chi connectivity index (χ4n) is 3.69. The molecule has 0 saturated carbocycles. The predicted octanol–water partition coefficient (Wildman–Crippen LogP) is -1.14. The lowest BCUT2D eigenvalue weighted by Gasteiger charge is -2.49. The molecular formula is C23H21N8O6S2+. The molecule has 4 heterocycles. The molecule has 2 aliphatic heterocycles. The molecule has 200 valence electrons. The average Bonchev–Trinajstić information content (AvgIpc) is 3.35. The molecule has 2 aliphatic rings. The number of carbonyl (C=O) groups is 4. The Morgan fingerprint density at radius 2 is 2.13 bits per heavy atom. The van der Waals surface area contributed by atoms with E-state index < -0.39 is 35.1 Å². The molecule has 39 heavy (non-hydrogen) atoms. The fourth-order valence-corrected chi connectivity index (χ4v) is 5.44. The van der Waals surface area contributed by atoms with Gasteiger partial charge in [0.25, 0.3) is 11.8 Å². The van der Waals surface area contributed by atoms with E-state index in [9.17, 15) is 24.3 Å². The predicted molar refractivity (Wildman–Crippen MR) is 140 cm³/mol. The van der Waals surface area contributed by atoms with Crippen LogP contribution in [0.4, 0.5) is 5.13 Å². The number of carboxylic acid groups (broad SMARTS) is 1. The first-order chi connectivity index (χ1) is 18.7. The fraction of sp³-hybridized carbons (Fsp3) is 0.217. The molecule has 1 saturated heterocycles. The number of aliphatic carboxylic acids is 1. The van der Waals surface area contributed by atoms with Crippen LogP contribution in [0.3, 0.4) is 0 Å². The van der Waals surface area contributed by atoms with Crippen LogP contribution in [0, 0.1) is 12.3 Å². The van der Waals surface area contributed by atoms with E-state index in [1.807, 2.05) is 0 Å². The Hall–Kier alpha value is -4.75. The number of hydrogen-bond acceptors (Lipinski definition) is 11. The number of β-lactam (4-membered cyclic amide) rings is 1. The number of nitrogen functional groups attached to an aromatic ring is 1. The van der Waals surface area contributed by atoms with Gasteiger partial charge in [-0.2, -0.15) is 9.36 Å². The number of nitrogens with zero attached hydrogens (tertiary/aromatic N) is 5. The molecule has 2 aromatic heterocycles. The highest BCUT2D eigenvalue weighted by molar-refractivity contribution is 8.00. The van der Waals surface area contributed by atoms with Crippen molar-refractivity contribution in [1.82, 2.24) is 19.6 Å². The standard InChI is InChI=1S/C23H20N8O6S2/c1-2-10-37-28-14(18-27-23(25)39-29-18)19(33)26-15-20(34)31-16(22(35)36)13(11-38-21(15)31)4-3-7-30-8-5-12(6-9-30)17(24)32/h1,3-6,8-9,15,21H,7,10-11H2,(H5-,24,25,26,27,29,32,33,35,36)/p+1/t15?,21-/m1/s1. The van der Waals surface area contributed by atoms with Crippen LogP contribution in [-0.4, -0.2) is 72.5 Å². The highest BCUT2D eigenvalue weighted by Crippen LogP contribution is 2.40. The van der Waals surface area contributed by atoms with Crippen LogP contribution in [-0.2, 0) is 25.8 Å². The number of pyridine rings is 1. The Morgan fingerprint density at radius 3 is 2.74 bits per heavy atom. The molecule has 0 aliphatic carbocycles. The van der Waals surface area contributed by atoms with Crippen LogP contribution in [0.25, 0.3) is 0 Å². The van der Waals surface area contributed by atoms with Gasteiger partial charge in [-0.3, -0.25) is 19.3 Å². The molecule has 0 radical (unpaired) electrons. The van der Waals surface area contributed by atoms with Crippen molar-refractivity contribution in [2.45, 2.75) is 18.0 Å². The van der Waals surface area contributed by atoms with E-state index in [4.69, 9.17) is 22.7 Å². The van der Waals surface area contributed by atoms with Crippen molar-refractivity contribution >= 4 is 57.8 Å². The molecular weight excluding hydrogens is 548 g/mol. The summed E-state index contributed by atoms with van der Waals surface area (Å²) in [6.45, 7) is 0.167. The summed E-state index contributed by atoms with van der Waals surface area (Å²) in [5, 5.41) is 15.5. The van der Waals surface area contributed by atoms with E-state index >= 15 is 0 Å². The molecule has 1 unspecified atom stereocenters. The van der Waals surface area contributed by atoms with Crippen molar-refractivity contribution in [3.8, 4) is 12.3 Å². The highest BCUT2D eigenvalue weighted by atomic mass is 32.2. The first-order valence-corrected chi connectivity index (χ1v) is 12.9. The number of aromatic nitrogens is 3. The summed E-state index contributed by atoms with van der Waals surface area (Å²) in [5.41, 5.74) is 11.1. The van der Waals surface area contributed by atoms with Crippen LogP contribution in [0.1, 0.15) is 16.2 Å². The summed E-state index contributed by atoms with van der Waals surface area (Å²) in [7, 11) is 0. The summed E-state index contributed by atoms with van der Waals surface area (Å²) in [5.74, 6) is -0.850. The monoisotopic (exact) mass is 569 g/mol. The molecule has 4 rings (SSSR count). The Morgan fingerprint density at radius 1 is 1.38 bits per heavy atom. The summed E-state index contributed by atoms with van der Waals surface area (Å²) in [4.78, 5) is 59.2. The van der Waals surface area contributed by atoms with Gasteiger partial charge in [0.2, 0.25) is 17.4 Å². The van der Waals surface area contributed by atoms with Crippen LogP contribution in [0.15, 0.2) is 53.1 Å². The summed E-state index contributed by atoms with van der Waals surface area (Å²) >= 11 is 2.13. The molecule has 6 N–H and O–H groups in total. The third-order valence-corrected chi connectivity index (χ3v) is 7.31. The van der Waals surface area contributed by atoms with E-state index in [0.717, 1.165) is 16.4 Å². The van der Waals surface area contributed by atoms with E-state index in [1.165, 1.54) is 11.8 Å². The van der Waals surface area contributed by atoms with Gasteiger partial charge in [0.15, 0.2) is 30.7 Å². The number of allylic oxidation sites excluding steroid dienone is 2. The molecule has 2 atom stereocenters. The third kappa shape index (κ3) is 5.89. The van der Waals surface area contributed by atoms with Gasteiger partial charge >= 0.3 is 5.97 Å². The van der Waals surface area contributed by atoms with Crippen LogP contribution >= 0.6 is 23.3 Å². The zero-order chi connectivity index (χ0) is 28.1. The second-order valence-corrected chi connectivity index (χ2v) is 9.85. The van der Waals surface area contributed by atoms with Crippen molar-refractivity contribution < 1.29 is 33.7 Å². The number of oxime groups is 1. The minimum absolute atomic E-state index is 0.0917. The number of nitrogens with two attached hydrogens (primary N) is 2. The normalized spacial score (nSPS) is 18.8. The van der Waals surface area contributed by atoms with E-state index in [1.54, 1.807) is 41.2 Å². The van der Waals surface area contributed by atoms with Gasteiger partial charge in [-0.25, -0.2) is 9.36 Å². The SMILES string of the molecule is C#CCON=C(C(=O)NC1C(=O)N2C(C(=O)O)=C(C=CC[n+]3ccc(C(N)=O)cc3)CS[C@H]12)c1nsc(N)n1. The summed E-state index contributed by atoms with van der Waals surface area (Å²) < 4.78 is 5.71. The Bertz CT molecular complexity index is 1460. The third-order valence-electron chi connectivity index (χ3n) is 5.47. The second kappa shape index (κ2) is 11.8. The van der Waals surface area contributed by atoms with Crippen LogP contribution in [0.5, 0.6) is 0 Å². The Labute approximate surface area is 229 Å². The molecule has 0 aromatic carbocycles. The number of fused-ring (bicyclic) bond motifs is 1. The maximum absolute atomic E-state index is 13.0. The number of terminal acetylenes is 1. The number of rotatable bonds is 10. The number of anilines is 1.